The molecule has 4 N–H and O–H groups in total. The molecule has 0 aliphatic heterocycles. The number of hydrogen-bond acceptors (Lipinski definition) is 3. The van der Waals surface area contributed by atoms with E-state index in [9.17, 15) is 0 Å². The fraction of sp³-hybridized carbons (Fsp3) is 0.486. The second-order valence-electron chi connectivity index (χ2n) is 8.67. The first kappa shape index (κ1) is 39.7. The molecule has 0 saturated heterocycles. The molecule has 216 valence electrons. The third kappa shape index (κ3) is 14.8. The predicted octanol–water partition coefficient (Wildman–Crippen LogP) is 10.2. The molecule has 38 heavy (non-hydrogen) atoms. The van der Waals surface area contributed by atoms with Crippen molar-refractivity contribution in [1.29, 1.82) is 0 Å². The van der Waals surface area contributed by atoms with Gasteiger partial charge < -0.3 is 10.7 Å². The first-order valence-electron chi connectivity index (χ1n) is 14.6. The van der Waals surface area contributed by atoms with Crippen LogP contribution in [0.4, 0.5) is 0 Å². The number of benzene rings is 2. The molecular weight excluding hydrogens is 462 g/mol. The van der Waals surface area contributed by atoms with Gasteiger partial charge in [-0.25, -0.2) is 5.84 Å². The van der Waals surface area contributed by atoms with Gasteiger partial charge in [0.1, 0.15) is 0 Å². The molecule has 3 nitrogen and oxygen atoms in total. The van der Waals surface area contributed by atoms with Gasteiger partial charge in [-0.3, -0.25) is 0 Å². The summed E-state index contributed by atoms with van der Waals surface area (Å²) in [6.07, 6.45) is 5.49. The van der Waals surface area contributed by atoms with E-state index in [1.54, 1.807) is 10.6 Å². The van der Waals surface area contributed by atoms with Crippen LogP contribution in [0.3, 0.4) is 0 Å². The van der Waals surface area contributed by atoms with Crippen molar-refractivity contribution in [2.24, 2.45) is 17.5 Å². The first-order chi connectivity index (χ1) is 18.1. The van der Waals surface area contributed by atoms with E-state index in [0.717, 1.165) is 35.2 Å². The zero-order valence-corrected chi connectivity index (χ0v) is 27.2. The molecule has 0 amide bonds. The normalized spacial score (nSPS) is 10.7. The fourth-order valence-electron chi connectivity index (χ4n) is 3.71. The lowest BCUT2D eigenvalue weighted by atomic mass is 9.97. The third-order valence-electron chi connectivity index (χ3n) is 5.65. The van der Waals surface area contributed by atoms with Gasteiger partial charge >= 0.3 is 0 Å². The number of rotatable bonds is 8. The van der Waals surface area contributed by atoms with Crippen LogP contribution in [-0.2, 0) is 6.42 Å². The molecule has 0 radical (unpaired) electrons. The van der Waals surface area contributed by atoms with Gasteiger partial charge in [0.25, 0.3) is 0 Å². The third-order valence-corrected chi connectivity index (χ3v) is 5.65. The summed E-state index contributed by atoms with van der Waals surface area (Å²) in [4.78, 5) is 0. The molecule has 0 fully saturated rings. The Labute approximate surface area is 237 Å². The number of hydrazine groups is 1. The lowest BCUT2D eigenvalue weighted by Crippen LogP contribution is -2.27. The topological polar surface area (TPSA) is 55.3 Å². The molecule has 0 aliphatic rings. The van der Waals surface area contributed by atoms with E-state index in [2.05, 4.69) is 72.4 Å². The summed E-state index contributed by atoms with van der Waals surface area (Å²) in [5.41, 5.74) is 15.3. The summed E-state index contributed by atoms with van der Waals surface area (Å²) >= 11 is 0. The largest absolute Gasteiger partial charge is 0.396 e. The number of allylic oxidation sites excluding steroid dienone is 3. The van der Waals surface area contributed by atoms with E-state index in [4.69, 9.17) is 11.6 Å². The highest BCUT2D eigenvalue weighted by molar-refractivity contribution is 5.89. The molecule has 3 heteroatoms. The lowest BCUT2D eigenvalue weighted by molar-refractivity contribution is 0.511. The maximum atomic E-state index is 6.45. The van der Waals surface area contributed by atoms with Gasteiger partial charge in [-0.2, -0.15) is 0 Å². The Morgan fingerprint density at radius 1 is 0.895 bits per heavy atom. The molecule has 0 saturated carbocycles. The molecule has 0 unspecified atom stereocenters. The molecular formula is C35H61N3. The molecule has 0 bridgehead atoms. The van der Waals surface area contributed by atoms with Crippen molar-refractivity contribution in [1.82, 2.24) is 5.01 Å². The molecule has 2 aromatic carbocycles. The maximum Gasteiger partial charge on any atom is 0.0825 e. The summed E-state index contributed by atoms with van der Waals surface area (Å²) in [6, 6.07) is 16.3. The Bertz CT molecular complexity index is 934. The first-order valence-corrected chi connectivity index (χ1v) is 14.6. The summed E-state index contributed by atoms with van der Waals surface area (Å²) in [5.74, 6) is 6.77. The van der Waals surface area contributed by atoms with Crippen LogP contribution in [0.25, 0.3) is 11.4 Å². The van der Waals surface area contributed by atoms with E-state index < -0.39 is 0 Å². The van der Waals surface area contributed by atoms with E-state index in [0.29, 0.717) is 11.6 Å². The Morgan fingerprint density at radius 3 is 1.76 bits per heavy atom. The minimum Gasteiger partial charge on any atom is -0.396 e. The van der Waals surface area contributed by atoms with Crippen LogP contribution in [0.5, 0.6) is 0 Å². The zero-order valence-electron chi connectivity index (χ0n) is 27.2. The molecule has 2 rings (SSSR count). The van der Waals surface area contributed by atoms with E-state index in [-0.39, 0.29) is 0 Å². The van der Waals surface area contributed by atoms with Crippen molar-refractivity contribution in [3.63, 3.8) is 0 Å². The predicted molar refractivity (Wildman–Crippen MR) is 177 cm³/mol. The van der Waals surface area contributed by atoms with Gasteiger partial charge in [-0.05, 0) is 57.1 Å². The number of aryl methyl sites for hydroxylation is 2. The highest BCUT2D eigenvalue weighted by atomic mass is 15.4. The van der Waals surface area contributed by atoms with Crippen LogP contribution in [0.1, 0.15) is 111 Å². The van der Waals surface area contributed by atoms with Crippen molar-refractivity contribution < 1.29 is 0 Å². The van der Waals surface area contributed by atoms with Crippen molar-refractivity contribution in [3.8, 4) is 0 Å². The summed E-state index contributed by atoms with van der Waals surface area (Å²) in [5, 5.41) is 1.61. The second kappa shape index (κ2) is 24.6. The quantitative estimate of drug-likeness (QED) is 0.157. The van der Waals surface area contributed by atoms with E-state index in [1.807, 2.05) is 78.9 Å². The van der Waals surface area contributed by atoms with Crippen LogP contribution < -0.4 is 11.6 Å². The van der Waals surface area contributed by atoms with Crippen molar-refractivity contribution >= 4 is 11.4 Å². The van der Waals surface area contributed by atoms with Crippen LogP contribution in [0.2, 0.25) is 0 Å². The van der Waals surface area contributed by atoms with Crippen molar-refractivity contribution in [3.05, 3.63) is 94.6 Å². The number of nitrogens with zero attached hydrogens (tertiary/aromatic N) is 1. The molecule has 0 aromatic heterocycles. The van der Waals surface area contributed by atoms with E-state index >= 15 is 0 Å². The molecule has 0 aliphatic carbocycles. The SMILES string of the molecule is C=C(C)CC/C(=C/C)C(C)C.CC.CC.CC.CCc1ccccc1/C(=C(/N)c1ccccc1C)N(C)N. The number of nitrogens with two attached hydrogens (primary N) is 2. The number of hydrogen-bond donors (Lipinski definition) is 2. The van der Waals surface area contributed by atoms with Gasteiger partial charge in [0.05, 0.1) is 11.4 Å². The smallest absolute Gasteiger partial charge is 0.0825 e. The summed E-state index contributed by atoms with van der Waals surface area (Å²) < 4.78 is 0. The Balaban J connectivity index is -0.000000612. The van der Waals surface area contributed by atoms with Crippen LogP contribution >= 0.6 is 0 Å². The van der Waals surface area contributed by atoms with Gasteiger partial charge in [-0.15, -0.1) is 6.58 Å². The Morgan fingerprint density at radius 2 is 1.37 bits per heavy atom. The van der Waals surface area contributed by atoms with Crippen LogP contribution in [-0.4, -0.2) is 12.1 Å². The highest BCUT2D eigenvalue weighted by Gasteiger charge is 2.15. The summed E-state index contributed by atoms with van der Waals surface area (Å²) in [6.45, 7) is 28.8. The second-order valence-corrected chi connectivity index (χ2v) is 8.67. The van der Waals surface area contributed by atoms with Gasteiger partial charge in [0, 0.05) is 18.2 Å². The highest BCUT2D eigenvalue weighted by Crippen LogP contribution is 2.28. The molecule has 0 atom stereocenters. The Hall–Kier alpha value is -2.78. The zero-order chi connectivity index (χ0) is 30.3. The standard InChI is InChI=1S/C18H23N3.C11H20.3C2H6/c1-4-14-10-6-8-12-16(14)18(21(3)20)17(19)15-11-7-5-9-13(15)2;1-6-11(10(4)5)8-7-9(2)3;3*1-2/h5-12H,4,19-20H2,1-3H3;6,10H,2,7-8H2,1,3-5H3;3*1-2H3/b18-17-;11-6-;;;. The minimum atomic E-state index is 0.694. The average molecular weight is 524 g/mol. The van der Waals surface area contributed by atoms with Crippen molar-refractivity contribution in [2.45, 2.75) is 102 Å². The maximum absolute atomic E-state index is 6.45. The molecule has 0 heterocycles. The summed E-state index contributed by atoms with van der Waals surface area (Å²) in [7, 11) is 1.83. The monoisotopic (exact) mass is 523 g/mol. The molecule has 0 spiro atoms. The van der Waals surface area contributed by atoms with E-state index in [1.165, 1.54) is 17.6 Å². The average Bonchev–Trinajstić information content (AvgIpc) is 2.93. The minimum absolute atomic E-state index is 0.694. The van der Waals surface area contributed by atoms with Gasteiger partial charge in [0.15, 0.2) is 0 Å². The molecule has 2 aromatic rings. The van der Waals surface area contributed by atoms with Gasteiger partial charge in [-0.1, -0.05) is 128 Å². The van der Waals surface area contributed by atoms with Crippen LogP contribution in [0.15, 0.2) is 72.3 Å². The fourth-order valence-corrected chi connectivity index (χ4v) is 3.71. The van der Waals surface area contributed by atoms with Gasteiger partial charge in [0.2, 0.25) is 0 Å². The van der Waals surface area contributed by atoms with Crippen molar-refractivity contribution in [2.75, 3.05) is 7.05 Å². The van der Waals surface area contributed by atoms with Crippen LogP contribution in [0, 0.1) is 12.8 Å². The lowest BCUT2D eigenvalue weighted by Gasteiger charge is -2.23. The Kier molecular flexibility index (Phi) is 25.7.